The van der Waals surface area contributed by atoms with Crippen LogP contribution in [0.5, 0.6) is 0 Å². The number of hydrogen-bond donors (Lipinski definition) is 0. The normalized spacial score (nSPS) is 10.5. The van der Waals surface area contributed by atoms with E-state index in [4.69, 9.17) is 0 Å². The van der Waals surface area contributed by atoms with Crippen LogP contribution in [0.1, 0.15) is 41.5 Å². The van der Waals surface area contributed by atoms with E-state index in [0.29, 0.717) is 25.7 Å². The minimum Gasteiger partial charge on any atom is -0.299 e. The van der Waals surface area contributed by atoms with Gasteiger partial charge in [-0.05, 0) is 37.8 Å². The Morgan fingerprint density at radius 3 is 1.35 bits per heavy atom. The molecule has 2 nitrogen and oxygen atoms in total. The van der Waals surface area contributed by atoms with Crippen LogP contribution < -0.4 is 0 Å². The summed E-state index contributed by atoms with van der Waals surface area (Å²) in [5, 5.41) is 0. The smallest absolute Gasteiger partial charge is 0.140 e. The Kier molecular flexibility index (Phi) is 6.28. The Hall–Kier alpha value is -2.22. The van der Waals surface area contributed by atoms with E-state index >= 15 is 0 Å². The molecule has 0 amide bonds. The van der Waals surface area contributed by atoms with Gasteiger partial charge in [0, 0.05) is 12.8 Å². The van der Waals surface area contributed by atoms with E-state index in [2.05, 4.69) is 0 Å². The molecule has 0 saturated heterocycles. The van der Waals surface area contributed by atoms with Gasteiger partial charge < -0.3 is 0 Å². The number of Topliss-reactive ketones (excluding diaryl/α,β-unsaturated/α-hetero) is 2. The lowest BCUT2D eigenvalue weighted by Gasteiger charge is -2.03. The van der Waals surface area contributed by atoms with Crippen molar-refractivity contribution in [3.8, 4) is 0 Å². The predicted molar refractivity (Wildman–Crippen MR) is 93.6 cm³/mol. The molecule has 0 unspecified atom stereocenters. The average molecular weight is 308 g/mol. The molecule has 0 N–H and O–H groups in total. The van der Waals surface area contributed by atoms with E-state index in [0.717, 1.165) is 11.1 Å². The maximum atomic E-state index is 11.9. The van der Waals surface area contributed by atoms with Gasteiger partial charge in [0.05, 0.1) is 6.42 Å². The number of benzene rings is 2. The molecule has 0 radical (unpaired) electrons. The van der Waals surface area contributed by atoms with Crippen LogP contribution in [0.3, 0.4) is 0 Å². The molecule has 0 aliphatic rings. The number of ketones is 2. The summed E-state index contributed by atoms with van der Waals surface area (Å²) < 4.78 is 0. The fourth-order valence-corrected chi connectivity index (χ4v) is 2.47. The van der Waals surface area contributed by atoms with Crippen molar-refractivity contribution < 1.29 is 9.59 Å². The van der Waals surface area contributed by atoms with Crippen molar-refractivity contribution in [1.29, 1.82) is 0 Å². The molecule has 23 heavy (non-hydrogen) atoms. The molecule has 0 heterocycles. The zero-order valence-corrected chi connectivity index (χ0v) is 14.0. The largest absolute Gasteiger partial charge is 0.299 e. The molecule has 2 rings (SSSR count). The van der Waals surface area contributed by atoms with Crippen molar-refractivity contribution in [2.75, 3.05) is 0 Å². The molecule has 0 fully saturated rings. The summed E-state index contributed by atoms with van der Waals surface area (Å²) in [6.07, 6.45) is 2.38. The Morgan fingerprint density at radius 1 is 0.652 bits per heavy atom. The Bertz CT molecular complexity index is 592. The topological polar surface area (TPSA) is 34.1 Å². The second-order valence-electron chi connectivity index (χ2n) is 6.23. The van der Waals surface area contributed by atoms with Gasteiger partial charge in [-0.15, -0.1) is 0 Å². The van der Waals surface area contributed by atoms with Crippen LogP contribution in [0.25, 0.3) is 0 Å². The minimum absolute atomic E-state index is 0.0412. The van der Waals surface area contributed by atoms with Gasteiger partial charge in [-0.25, -0.2) is 0 Å². The third kappa shape index (κ3) is 6.19. The maximum absolute atomic E-state index is 11.9. The first-order chi connectivity index (χ1) is 11.0. The molecule has 0 spiro atoms. The van der Waals surface area contributed by atoms with Crippen LogP contribution in [-0.4, -0.2) is 11.6 Å². The van der Waals surface area contributed by atoms with Gasteiger partial charge in [-0.2, -0.15) is 0 Å². The first-order valence-electron chi connectivity index (χ1n) is 8.17. The number of aryl methyl sites for hydroxylation is 4. The van der Waals surface area contributed by atoms with E-state index in [-0.39, 0.29) is 18.0 Å². The van der Waals surface area contributed by atoms with Gasteiger partial charge >= 0.3 is 0 Å². The Balaban J connectivity index is 1.70. The van der Waals surface area contributed by atoms with Crippen molar-refractivity contribution in [3.05, 3.63) is 70.8 Å². The van der Waals surface area contributed by atoms with Crippen LogP contribution in [0, 0.1) is 13.8 Å². The van der Waals surface area contributed by atoms with Gasteiger partial charge in [0.15, 0.2) is 0 Å². The highest BCUT2D eigenvalue weighted by Gasteiger charge is 2.10. The quantitative estimate of drug-likeness (QED) is 0.677. The van der Waals surface area contributed by atoms with Crippen molar-refractivity contribution in [2.45, 2.75) is 46.0 Å². The van der Waals surface area contributed by atoms with Gasteiger partial charge in [0.25, 0.3) is 0 Å². The van der Waals surface area contributed by atoms with E-state index < -0.39 is 0 Å². The average Bonchev–Trinajstić information content (AvgIpc) is 2.54. The fourth-order valence-electron chi connectivity index (χ4n) is 2.47. The third-order valence-corrected chi connectivity index (χ3v) is 4.02. The predicted octanol–water partition coefficient (Wildman–Crippen LogP) is 4.40. The van der Waals surface area contributed by atoms with Crippen molar-refractivity contribution in [2.24, 2.45) is 0 Å². The molecule has 0 saturated carbocycles. The van der Waals surface area contributed by atoms with Crippen LogP contribution in [0.4, 0.5) is 0 Å². The molecular formula is C21H24O2. The van der Waals surface area contributed by atoms with Gasteiger partial charge in [-0.1, -0.05) is 59.7 Å². The number of carbonyl (C=O) groups excluding carboxylic acids is 2. The fraction of sp³-hybridized carbons (Fsp3) is 0.333. The highest BCUT2D eigenvalue weighted by molar-refractivity contribution is 5.99. The first kappa shape index (κ1) is 17.1. The lowest BCUT2D eigenvalue weighted by Crippen LogP contribution is -2.09. The second-order valence-corrected chi connectivity index (χ2v) is 6.23. The summed E-state index contributed by atoms with van der Waals surface area (Å²) in [6.45, 7) is 4.09. The zero-order chi connectivity index (χ0) is 16.7. The molecule has 2 heteroatoms. The second kappa shape index (κ2) is 8.42. The number of hydrogen-bond acceptors (Lipinski definition) is 2. The van der Waals surface area contributed by atoms with Crippen LogP contribution >= 0.6 is 0 Å². The van der Waals surface area contributed by atoms with E-state index in [1.165, 1.54) is 11.1 Å². The first-order valence-corrected chi connectivity index (χ1v) is 8.17. The van der Waals surface area contributed by atoms with Gasteiger partial charge in [0.1, 0.15) is 11.6 Å². The Labute approximate surface area is 138 Å². The zero-order valence-electron chi connectivity index (χ0n) is 14.0. The minimum atomic E-state index is 0.0412. The maximum Gasteiger partial charge on any atom is 0.140 e. The van der Waals surface area contributed by atoms with E-state index in [1.807, 2.05) is 62.4 Å². The van der Waals surface area contributed by atoms with Crippen molar-refractivity contribution >= 4 is 11.6 Å². The van der Waals surface area contributed by atoms with Crippen LogP contribution in [0.15, 0.2) is 48.5 Å². The summed E-state index contributed by atoms with van der Waals surface area (Å²) in [6, 6.07) is 16.4. The molecule has 2 aromatic rings. The molecule has 2 aromatic carbocycles. The molecule has 0 aliphatic heterocycles. The summed E-state index contributed by atoms with van der Waals surface area (Å²) in [7, 11) is 0. The highest BCUT2D eigenvalue weighted by atomic mass is 16.1. The third-order valence-electron chi connectivity index (χ3n) is 4.02. The molecule has 120 valence electrons. The van der Waals surface area contributed by atoms with Crippen LogP contribution in [-0.2, 0) is 22.4 Å². The SMILES string of the molecule is Cc1ccc(CCC(=O)CC(=O)CCc2ccc(C)cc2)cc1. The molecule has 0 aliphatic carbocycles. The molecule has 0 atom stereocenters. The molecule has 0 bridgehead atoms. The standard InChI is InChI=1S/C21H24O2/c1-16-3-7-18(8-4-16)11-13-20(22)15-21(23)14-12-19-9-5-17(2)6-10-19/h3-10H,11-15H2,1-2H3. The Morgan fingerprint density at radius 2 is 1.00 bits per heavy atom. The summed E-state index contributed by atoms with van der Waals surface area (Å²) >= 11 is 0. The molecular weight excluding hydrogens is 284 g/mol. The van der Waals surface area contributed by atoms with Gasteiger partial charge in [-0.3, -0.25) is 9.59 Å². The summed E-state index contributed by atoms with van der Waals surface area (Å²) in [5.74, 6) is 0.0824. The summed E-state index contributed by atoms with van der Waals surface area (Å²) in [4.78, 5) is 23.9. The van der Waals surface area contributed by atoms with Crippen molar-refractivity contribution in [1.82, 2.24) is 0 Å². The van der Waals surface area contributed by atoms with Crippen molar-refractivity contribution in [3.63, 3.8) is 0 Å². The molecule has 0 aromatic heterocycles. The lowest BCUT2D eigenvalue weighted by molar-refractivity contribution is -0.126. The number of rotatable bonds is 8. The van der Waals surface area contributed by atoms with Crippen LogP contribution in [0.2, 0.25) is 0 Å². The summed E-state index contributed by atoms with van der Waals surface area (Å²) in [5.41, 5.74) is 4.73. The highest BCUT2D eigenvalue weighted by Crippen LogP contribution is 2.09. The lowest BCUT2D eigenvalue weighted by atomic mass is 10.0. The van der Waals surface area contributed by atoms with E-state index in [9.17, 15) is 9.59 Å². The van der Waals surface area contributed by atoms with E-state index in [1.54, 1.807) is 0 Å². The van der Waals surface area contributed by atoms with Gasteiger partial charge in [0.2, 0.25) is 0 Å². The monoisotopic (exact) mass is 308 g/mol. The number of carbonyl (C=O) groups is 2.